The highest BCUT2D eigenvalue weighted by Gasteiger charge is 2.46. The van der Waals surface area contributed by atoms with Crippen LogP contribution in [0.2, 0.25) is 0 Å². The summed E-state index contributed by atoms with van der Waals surface area (Å²) in [6.07, 6.45) is 5.54. The van der Waals surface area contributed by atoms with E-state index in [2.05, 4.69) is 26.3 Å². The molecule has 6 rings (SSSR count). The number of esters is 1. The van der Waals surface area contributed by atoms with Gasteiger partial charge < -0.3 is 39.8 Å². The Morgan fingerprint density at radius 2 is 1.64 bits per heavy atom. The van der Waals surface area contributed by atoms with E-state index in [0.717, 1.165) is 0 Å². The Balaban J connectivity index is 1.30. The van der Waals surface area contributed by atoms with E-state index in [0.29, 0.717) is 50.6 Å². The van der Waals surface area contributed by atoms with Gasteiger partial charge in [-0.15, -0.1) is 0 Å². The molecule has 4 N–H and O–H groups in total. The normalized spacial score (nSPS) is 27.6. The Kier molecular flexibility index (Phi) is 11.6. The number of urea groups is 1. The second-order valence-corrected chi connectivity index (χ2v) is 14.2. The third-order valence-corrected chi connectivity index (χ3v) is 10.3. The molecule has 0 radical (unpaired) electrons. The first-order valence-electron chi connectivity index (χ1n) is 18.2. The van der Waals surface area contributed by atoms with Crippen LogP contribution in [0, 0.1) is 5.92 Å². The van der Waals surface area contributed by atoms with Gasteiger partial charge in [-0.1, -0.05) is 37.3 Å². The summed E-state index contributed by atoms with van der Waals surface area (Å²) in [4.78, 5) is 105. The van der Waals surface area contributed by atoms with Gasteiger partial charge in [0.2, 0.25) is 29.5 Å². The van der Waals surface area contributed by atoms with E-state index in [1.54, 1.807) is 37.3 Å². The number of fused-ring (bicyclic) bond motifs is 3. The van der Waals surface area contributed by atoms with E-state index in [1.807, 2.05) is 6.92 Å². The summed E-state index contributed by atoms with van der Waals surface area (Å²) in [5, 5.41) is 10.5. The highest BCUT2D eigenvalue weighted by Crippen LogP contribution is 2.28. The fraction of sp³-hybridized carbons (Fsp3) is 0.556. The van der Waals surface area contributed by atoms with Gasteiger partial charge in [0.25, 0.3) is 0 Å². The molecular weight excluding hydrogens is 688 g/mol. The number of nitrogens with one attached hydrogen (secondary N) is 4. The molecule has 4 aliphatic rings. The molecule has 0 bridgehead atoms. The van der Waals surface area contributed by atoms with Crippen molar-refractivity contribution in [3.63, 3.8) is 0 Å². The number of carbonyl (C=O) groups is 7. The van der Waals surface area contributed by atoms with E-state index in [9.17, 15) is 33.6 Å². The van der Waals surface area contributed by atoms with Crippen LogP contribution < -0.4 is 21.3 Å². The fourth-order valence-electron chi connectivity index (χ4n) is 7.62. The van der Waals surface area contributed by atoms with Gasteiger partial charge in [0.1, 0.15) is 49.1 Å². The van der Waals surface area contributed by atoms with Crippen molar-refractivity contribution in [3.05, 3.63) is 48.4 Å². The molecular formula is C36H46N8O9. The van der Waals surface area contributed by atoms with Gasteiger partial charge in [-0.25, -0.2) is 14.6 Å². The number of benzene rings is 1. The number of piperidine rings is 1. The summed E-state index contributed by atoms with van der Waals surface area (Å²) >= 11 is 0. The number of anilines is 1. The van der Waals surface area contributed by atoms with Crippen molar-refractivity contribution in [1.29, 1.82) is 0 Å². The maximum absolute atomic E-state index is 14.4. The second-order valence-electron chi connectivity index (χ2n) is 14.2. The van der Waals surface area contributed by atoms with Crippen LogP contribution in [0.3, 0.4) is 0 Å². The Hall–Kier alpha value is -5.48. The lowest BCUT2D eigenvalue weighted by Gasteiger charge is -2.39. The number of amides is 7. The molecule has 0 spiro atoms. The molecule has 53 heavy (non-hydrogen) atoms. The molecule has 1 aromatic carbocycles. The predicted octanol–water partition coefficient (Wildman–Crippen LogP) is 0.563. The summed E-state index contributed by atoms with van der Waals surface area (Å²) in [5.74, 6) is -3.57. The number of hydrogen-bond acceptors (Lipinski definition) is 10. The zero-order valence-corrected chi connectivity index (χ0v) is 29.8. The molecule has 0 unspecified atom stereocenters. The largest absolute Gasteiger partial charge is 0.461 e. The molecule has 0 aliphatic carbocycles. The van der Waals surface area contributed by atoms with Gasteiger partial charge >= 0.3 is 18.0 Å². The number of carbonyl (C=O) groups excluding carboxylic acids is 7. The number of ether oxygens (including phenoxy) is 1. The minimum Gasteiger partial charge on any atom is -0.461 e. The van der Waals surface area contributed by atoms with Crippen LogP contribution in [-0.2, 0) is 39.9 Å². The summed E-state index contributed by atoms with van der Waals surface area (Å²) in [7, 11) is 0. The predicted molar refractivity (Wildman–Crippen MR) is 186 cm³/mol. The molecule has 7 atom stereocenters. The lowest BCUT2D eigenvalue weighted by molar-refractivity contribution is -0.158. The lowest BCUT2D eigenvalue weighted by atomic mass is 9.99. The van der Waals surface area contributed by atoms with Gasteiger partial charge in [0.15, 0.2) is 0 Å². The van der Waals surface area contributed by atoms with Gasteiger partial charge in [-0.2, -0.15) is 0 Å². The van der Waals surface area contributed by atoms with Crippen LogP contribution in [-0.4, -0.2) is 124 Å². The molecule has 1 aromatic heterocycles. The molecule has 0 saturated carbocycles. The zero-order chi connectivity index (χ0) is 37.6. The van der Waals surface area contributed by atoms with Crippen LogP contribution in [0.1, 0.15) is 57.9 Å². The van der Waals surface area contributed by atoms with Gasteiger partial charge in [-0.05, 0) is 56.9 Å². The lowest BCUT2D eigenvalue weighted by Crippen LogP contribution is -2.62. The van der Waals surface area contributed by atoms with Crippen LogP contribution in [0.4, 0.5) is 10.8 Å². The van der Waals surface area contributed by atoms with Gasteiger partial charge in [0, 0.05) is 26.1 Å². The van der Waals surface area contributed by atoms with Gasteiger partial charge in [-0.3, -0.25) is 29.3 Å². The first-order valence-corrected chi connectivity index (χ1v) is 18.2. The molecule has 7 amide bonds. The Morgan fingerprint density at radius 3 is 2.40 bits per heavy atom. The minimum absolute atomic E-state index is 0.0326. The third-order valence-electron chi connectivity index (χ3n) is 10.3. The minimum atomic E-state index is -1.45. The third kappa shape index (κ3) is 8.60. The number of nitrogens with zero attached hydrogens (tertiary/aromatic N) is 4. The molecule has 4 saturated heterocycles. The van der Waals surface area contributed by atoms with E-state index < -0.39 is 84.4 Å². The quantitative estimate of drug-likeness (QED) is 0.303. The Labute approximate surface area is 306 Å². The number of cyclic esters (lactones) is 1. The van der Waals surface area contributed by atoms with Crippen molar-refractivity contribution in [2.75, 3.05) is 31.6 Å². The smallest absolute Gasteiger partial charge is 0.328 e. The maximum Gasteiger partial charge on any atom is 0.328 e. The molecule has 5 heterocycles. The molecule has 17 nitrogen and oxygen atoms in total. The fourth-order valence-corrected chi connectivity index (χ4v) is 7.62. The molecule has 2 aromatic rings. The van der Waals surface area contributed by atoms with Crippen LogP contribution in [0.25, 0.3) is 0 Å². The summed E-state index contributed by atoms with van der Waals surface area (Å²) < 4.78 is 10.8. The van der Waals surface area contributed by atoms with Crippen molar-refractivity contribution >= 4 is 47.6 Å². The van der Waals surface area contributed by atoms with Crippen LogP contribution >= 0.6 is 0 Å². The highest BCUT2D eigenvalue weighted by atomic mass is 16.5. The first kappa shape index (κ1) is 37.3. The second kappa shape index (κ2) is 16.5. The Bertz CT molecular complexity index is 1690. The van der Waals surface area contributed by atoms with Crippen LogP contribution in [0.15, 0.2) is 47.2 Å². The maximum atomic E-state index is 14.4. The number of oxazole rings is 1. The standard InChI is InChI=1S/C36H46N8O9/c1-21-17-28-34(50)53-20-25(39-29(45)24(18-23-9-4-3-5-10-23)40-35(51)41-36-37-13-16-52-36)32(48)43-15-8-12-27(43)33(49)42-14-7-6-11-26(42)30(46)38-22(2)31(47)44(28)19-21/h3-5,9-10,13,16,21-22,24-28H,6-8,11-12,14-15,17-20H2,1-2H3,(H,38,46)(H,39,45)(H2,37,40,41,51)/t21-,22-,24-,25-,26-,27-,28-/m0/s1. The number of aromatic nitrogens is 1. The average molecular weight is 735 g/mol. The van der Waals surface area contributed by atoms with E-state index in [-0.39, 0.29) is 31.4 Å². The average Bonchev–Trinajstić information content (AvgIpc) is 3.94. The SMILES string of the molecule is C[C@H]1C[C@H]2C(=O)OC[C@H](NC(=O)[C@H](Cc3ccccc3)NC(=O)Nc3ncco3)C(=O)N3CCC[C@H]3C(=O)N3CCCC[C@H]3C(=O)N[C@@H](C)C(=O)N2C1. The number of rotatable bonds is 6. The zero-order valence-electron chi connectivity index (χ0n) is 29.8. The Morgan fingerprint density at radius 1 is 0.906 bits per heavy atom. The molecule has 284 valence electrons. The van der Waals surface area contributed by atoms with E-state index in [1.165, 1.54) is 27.2 Å². The topological polar surface area (TPSA) is 213 Å². The first-order chi connectivity index (χ1) is 25.5. The molecule has 4 fully saturated rings. The van der Waals surface area contributed by atoms with Crippen LogP contribution in [0.5, 0.6) is 0 Å². The summed E-state index contributed by atoms with van der Waals surface area (Å²) in [5.41, 5.74) is 0.708. The molecule has 4 aliphatic heterocycles. The highest BCUT2D eigenvalue weighted by molar-refractivity contribution is 5.98. The summed E-state index contributed by atoms with van der Waals surface area (Å²) in [6.45, 7) is 3.62. The summed E-state index contributed by atoms with van der Waals surface area (Å²) in [6, 6.07) is 1.65. The monoisotopic (exact) mass is 734 g/mol. The van der Waals surface area contributed by atoms with Crippen molar-refractivity contribution in [3.8, 4) is 0 Å². The number of hydrogen-bond donors (Lipinski definition) is 4. The van der Waals surface area contributed by atoms with Crippen molar-refractivity contribution < 1.29 is 42.7 Å². The van der Waals surface area contributed by atoms with Crippen molar-refractivity contribution in [2.24, 2.45) is 5.92 Å². The van der Waals surface area contributed by atoms with Gasteiger partial charge in [0.05, 0.1) is 6.20 Å². The molecule has 17 heteroatoms. The van der Waals surface area contributed by atoms with Crippen molar-refractivity contribution in [1.82, 2.24) is 35.6 Å². The van der Waals surface area contributed by atoms with E-state index >= 15 is 0 Å². The van der Waals surface area contributed by atoms with Crippen molar-refractivity contribution in [2.45, 2.75) is 95.0 Å². The van der Waals surface area contributed by atoms with E-state index in [4.69, 9.17) is 9.15 Å².